The van der Waals surface area contributed by atoms with Crippen LogP contribution in [0.5, 0.6) is 11.5 Å². The average Bonchev–Trinajstić information content (AvgIpc) is 2.76. The van der Waals surface area contributed by atoms with E-state index < -0.39 is 0 Å². The number of nitrogens with zero attached hydrogens (tertiary/aromatic N) is 1. The van der Waals surface area contributed by atoms with Gasteiger partial charge in [-0.15, -0.1) is 0 Å². The monoisotopic (exact) mass is 469 g/mol. The van der Waals surface area contributed by atoms with Crippen LogP contribution in [-0.2, 0) is 11.2 Å². The smallest absolute Gasteiger partial charge is 0.232 e. The van der Waals surface area contributed by atoms with Gasteiger partial charge in [-0.05, 0) is 79.4 Å². The van der Waals surface area contributed by atoms with Gasteiger partial charge in [0.1, 0.15) is 0 Å². The fraction of sp³-hybridized carbons (Fsp3) is 0.269. The molecule has 166 valence electrons. The second-order valence-electron chi connectivity index (χ2n) is 7.70. The van der Waals surface area contributed by atoms with Crippen molar-refractivity contribution in [1.29, 1.82) is 0 Å². The van der Waals surface area contributed by atoms with E-state index in [-0.39, 0.29) is 18.4 Å². The van der Waals surface area contributed by atoms with Crippen LogP contribution >= 0.6 is 23.2 Å². The van der Waals surface area contributed by atoms with Crippen LogP contribution in [0.1, 0.15) is 42.1 Å². The number of rotatable bonds is 6. The van der Waals surface area contributed by atoms with Gasteiger partial charge in [0, 0.05) is 15.7 Å². The number of hydrogen-bond donors (Lipinski definition) is 0. The summed E-state index contributed by atoms with van der Waals surface area (Å²) in [5.41, 5.74) is 4.51. The number of benzene rings is 3. The van der Waals surface area contributed by atoms with Gasteiger partial charge in [-0.25, -0.2) is 0 Å². The summed E-state index contributed by atoms with van der Waals surface area (Å²) in [5.74, 6) is 1.29. The Kier molecular flexibility index (Phi) is 6.63. The minimum Gasteiger partial charge on any atom is -0.490 e. The summed E-state index contributed by atoms with van der Waals surface area (Å²) in [6, 6.07) is 16.9. The highest BCUT2D eigenvalue weighted by molar-refractivity contribution is 6.31. The number of halogens is 2. The largest absolute Gasteiger partial charge is 0.490 e. The molecule has 1 unspecified atom stereocenters. The zero-order valence-electron chi connectivity index (χ0n) is 18.3. The number of hydrogen-bond acceptors (Lipinski definition) is 3. The standard InChI is InChI=1S/C26H25Cl2NO3/c1-4-31-23-12-18-13-25(30)29(20-10-9-16(3)22(28)14-20)26(17-7-6-8-19(27)11-17)21(18)15-24(23)32-5-2/h6-12,14-15,26H,4-5,13H2,1-3H3. The summed E-state index contributed by atoms with van der Waals surface area (Å²) in [7, 11) is 0. The molecule has 0 saturated heterocycles. The molecule has 3 aromatic carbocycles. The molecule has 0 saturated carbocycles. The van der Waals surface area contributed by atoms with E-state index in [0.29, 0.717) is 34.8 Å². The zero-order chi connectivity index (χ0) is 22.8. The summed E-state index contributed by atoms with van der Waals surface area (Å²) >= 11 is 12.8. The minimum absolute atomic E-state index is 0.0194. The van der Waals surface area contributed by atoms with Crippen LogP contribution in [0.3, 0.4) is 0 Å². The summed E-state index contributed by atoms with van der Waals surface area (Å²) < 4.78 is 11.7. The highest BCUT2D eigenvalue weighted by Gasteiger charge is 2.36. The molecule has 0 N–H and O–H groups in total. The number of aryl methyl sites for hydroxylation is 1. The number of anilines is 1. The zero-order valence-corrected chi connectivity index (χ0v) is 19.8. The normalized spacial score (nSPS) is 15.5. The van der Waals surface area contributed by atoms with Crippen molar-refractivity contribution in [3.8, 4) is 11.5 Å². The third-order valence-corrected chi connectivity index (χ3v) is 6.21. The average molecular weight is 470 g/mol. The van der Waals surface area contributed by atoms with Crippen LogP contribution in [0.4, 0.5) is 5.69 Å². The lowest BCUT2D eigenvalue weighted by atomic mass is 9.86. The van der Waals surface area contributed by atoms with E-state index in [1.54, 1.807) is 4.90 Å². The third-order valence-electron chi connectivity index (χ3n) is 5.57. The quantitative estimate of drug-likeness (QED) is 0.399. The highest BCUT2D eigenvalue weighted by atomic mass is 35.5. The number of ether oxygens (including phenoxy) is 2. The summed E-state index contributed by atoms with van der Waals surface area (Å²) in [4.78, 5) is 15.3. The molecule has 1 aliphatic rings. The van der Waals surface area contributed by atoms with Crippen molar-refractivity contribution in [3.05, 3.63) is 86.9 Å². The van der Waals surface area contributed by atoms with E-state index in [0.717, 1.165) is 27.9 Å². The Morgan fingerprint density at radius 3 is 2.34 bits per heavy atom. The Morgan fingerprint density at radius 1 is 0.969 bits per heavy atom. The molecule has 6 heteroatoms. The van der Waals surface area contributed by atoms with E-state index >= 15 is 0 Å². The van der Waals surface area contributed by atoms with Gasteiger partial charge in [-0.2, -0.15) is 0 Å². The van der Waals surface area contributed by atoms with Crippen LogP contribution in [0.15, 0.2) is 54.6 Å². The highest BCUT2D eigenvalue weighted by Crippen LogP contribution is 2.44. The number of carbonyl (C=O) groups excluding carboxylic acids is 1. The molecule has 0 aliphatic carbocycles. The first-order chi connectivity index (χ1) is 15.4. The van der Waals surface area contributed by atoms with E-state index in [2.05, 4.69) is 0 Å². The Labute approximate surface area is 198 Å². The van der Waals surface area contributed by atoms with E-state index in [1.165, 1.54) is 0 Å². The Bertz CT molecular complexity index is 1160. The minimum atomic E-state index is -0.376. The molecule has 32 heavy (non-hydrogen) atoms. The number of fused-ring (bicyclic) bond motifs is 1. The molecule has 3 aromatic rings. The predicted octanol–water partition coefficient (Wildman–Crippen LogP) is 6.78. The van der Waals surface area contributed by atoms with Crippen LogP contribution in [0, 0.1) is 6.92 Å². The van der Waals surface area contributed by atoms with Gasteiger partial charge in [0.25, 0.3) is 0 Å². The first kappa shape index (κ1) is 22.5. The molecule has 1 atom stereocenters. The maximum absolute atomic E-state index is 13.5. The van der Waals surface area contributed by atoms with E-state index in [9.17, 15) is 4.79 Å². The molecule has 0 radical (unpaired) electrons. The summed E-state index contributed by atoms with van der Waals surface area (Å²) in [6.45, 7) is 6.83. The molecule has 4 rings (SSSR count). The van der Waals surface area contributed by atoms with Crippen molar-refractivity contribution in [3.63, 3.8) is 0 Å². The topological polar surface area (TPSA) is 38.8 Å². The van der Waals surface area contributed by atoms with Gasteiger partial charge in [-0.3, -0.25) is 4.79 Å². The summed E-state index contributed by atoms with van der Waals surface area (Å²) in [6.07, 6.45) is 0.254. The van der Waals surface area contributed by atoms with Crippen LogP contribution in [0.2, 0.25) is 10.0 Å². The van der Waals surface area contributed by atoms with Crippen molar-refractivity contribution in [2.45, 2.75) is 33.2 Å². The van der Waals surface area contributed by atoms with Gasteiger partial charge in [0.05, 0.1) is 25.7 Å². The van der Waals surface area contributed by atoms with Crippen molar-refractivity contribution in [1.82, 2.24) is 0 Å². The molecule has 1 heterocycles. The maximum atomic E-state index is 13.5. The predicted molar refractivity (Wildman–Crippen MR) is 129 cm³/mol. The molecular weight excluding hydrogens is 445 g/mol. The molecule has 0 spiro atoms. The fourth-order valence-electron chi connectivity index (χ4n) is 4.12. The first-order valence-corrected chi connectivity index (χ1v) is 11.4. The van der Waals surface area contributed by atoms with Crippen LogP contribution in [0.25, 0.3) is 0 Å². The Morgan fingerprint density at radius 2 is 1.69 bits per heavy atom. The van der Waals surface area contributed by atoms with E-state index in [1.807, 2.05) is 75.4 Å². The lowest BCUT2D eigenvalue weighted by molar-refractivity contribution is -0.118. The van der Waals surface area contributed by atoms with Crippen LogP contribution in [-0.4, -0.2) is 19.1 Å². The molecule has 0 aromatic heterocycles. The molecule has 1 amide bonds. The van der Waals surface area contributed by atoms with Gasteiger partial charge in [-0.1, -0.05) is 41.4 Å². The van der Waals surface area contributed by atoms with Crippen molar-refractivity contribution >= 4 is 34.8 Å². The second-order valence-corrected chi connectivity index (χ2v) is 8.54. The SMILES string of the molecule is CCOc1cc2c(cc1OCC)C(c1cccc(Cl)c1)N(c1ccc(C)c(Cl)c1)C(=O)C2. The first-order valence-electron chi connectivity index (χ1n) is 10.7. The Hall–Kier alpha value is -2.69. The van der Waals surface area contributed by atoms with Gasteiger partial charge in [0.2, 0.25) is 5.91 Å². The van der Waals surface area contributed by atoms with Gasteiger partial charge < -0.3 is 14.4 Å². The lowest BCUT2D eigenvalue weighted by Crippen LogP contribution is -2.41. The number of carbonyl (C=O) groups is 1. The number of amides is 1. The van der Waals surface area contributed by atoms with Gasteiger partial charge in [0.15, 0.2) is 11.5 Å². The molecule has 1 aliphatic heterocycles. The van der Waals surface area contributed by atoms with Crippen LogP contribution < -0.4 is 14.4 Å². The molecule has 0 fully saturated rings. The molecular formula is C26H25Cl2NO3. The van der Waals surface area contributed by atoms with Crippen molar-refractivity contribution < 1.29 is 14.3 Å². The van der Waals surface area contributed by atoms with Crippen molar-refractivity contribution in [2.24, 2.45) is 0 Å². The van der Waals surface area contributed by atoms with E-state index in [4.69, 9.17) is 32.7 Å². The maximum Gasteiger partial charge on any atom is 0.232 e. The Balaban J connectivity index is 1.94. The lowest BCUT2D eigenvalue weighted by Gasteiger charge is -2.38. The third kappa shape index (κ3) is 4.30. The fourth-order valence-corrected chi connectivity index (χ4v) is 4.50. The summed E-state index contributed by atoms with van der Waals surface area (Å²) in [5, 5.41) is 1.23. The second kappa shape index (κ2) is 9.43. The van der Waals surface area contributed by atoms with Gasteiger partial charge >= 0.3 is 0 Å². The molecule has 4 nitrogen and oxygen atoms in total. The molecule has 0 bridgehead atoms. The van der Waals surface area contributed by atoms with Crippen molar-refractivity contribution in [2.75, 3.05) is 18.1 Å².